The molecule has 0 aromatic heterocycles. The van der Waals surface area contributed by atoms with Crippen LogP contribution in [-0.2, 0) is 0 Å². The molecule has 3 aromatic carbocycles. The Balaban J connectivity index is 0.000000178. The third-order valence-electron chi connectivity index (χ3n) is 2.99. The largest absolute Gasteiger partial charge is 0.398 e. The predicted octanol–water partition coefficient (Wildman–Crippen LogP) is 4.93. The third kappa shape index (κ3) is 3.99. The van der Waals surface area contributed by atoms with Gasteiger partial charge in [0.25, 0.3) is 0 Å². The second-order valence-electron chi connectivity index (χ2n) is 4.61. The van der Waals surface area contributed by atoms with E-state index in [1.165, 1.54) is 11.1 Å². The van der Waals surface area contributed by atoms with Crippen molar-refractivity contribution in [2.75, 3.05) is 5.73 Å². The van der Waals surface area contributed by atoms with Crippen LogP contribution in [0.2, 0.25) is 0 Å². The molecule has 3 rings (SSSR count). The first-order valence-corrected chi connectivity index (χ1v) is 6.69. The maximum atomic E-state index is 5.85. The van der Waals surface area contributed by atoms with Gasteiger partial charge in [-0.25, -0.2) is 0 Å². The zero-order valence-corrected chi connectivity index (χ0v) is 11.7. The molecule has 1 heteroatoms. The molecule has 0 heterocycles. The lowest BCUT2D eigenvalue weighted by atomic mass is 10.0. The fourth-order valence-corrected chi connectivity index (χ4v) is 1.91. The van der Waals surface area contributed by atoms with Crippen molar-refractivity contribution in [1.82, 2.24) is 0 Å². The van der Waals surface area contributed by atoms with E-state index < -0.39 is 0 Å². The lowest BCUT2D eigenvalue weighted by molar-refractivity contribution is 1.48. The number of hydrogen-bond acceptors (Lipinski definition) is 1. The molecule has 0 aliphatic rings. The minimum Gasteiger partial charge on any atom is -0.398 e. The molecule has 0 radical (unpaired) electrons. The molecule has 0 aliphatic carbocycles. The van der Waals surface area contributed by atoms with Crippen molar-refractivity contribution in [3.8, 4) is 11.1 Å². The van der Waals surface area contributed by atoms with E-state index in [0.717, 1.165) is 11.3 Å². The van der Waals surface area contributed by atoms with E-state index in [-0.39, 0.29) is 0 Å². The summed E-state index contributed by atoms with van der Waals surface area (Å²) < 4.78 is 0. The van der Waals surface area contributed by atoms with E-state index in [9.17, 15) is 0 Å². The van der Waals surface area contributed by atoms with Gasteiger partial charge in [-0.3, -0.25) is 0 Å². The van der Waals surface area contributed by atoms with Crippen LogP contribution in [0.1, 0.15) is 5.56 Å². The zero-order valence-electron chi connectivity index (χ0n) is 11.7. The number of rotatable bonds is 1. The first-order chi connectivity index (χ1) is 9.77. The number of hydrogen-bond donors (Lipinski definition) is 1. The average Bonchev–Trinajstić information content (AvgIpc) is 2.50. The Kier molecular flexibility index (Phi) is 4.96. The molecule has 0 bridgehead atoms. The number of aryl methyl sites for hydroxylation is 1. The monoisotopic (exact) mass is 261 g/mol. The van der Waals surface area contributed by atoms with E-state index in [4.69, 9.17) is 5.73 Å². The van der Waals surface area contributed by atoms with Gasteiger partial charge >= 0.3 is 0 Å². The third-order valence-corrected chi connectivity index (χ3v) is 2.99. The Hall–Kier alpha value is -2.54. The maximum absolute atomic E-state index is 5.85. The molecule has 1 nitrogen and oxygen atoms in total. The molecule has 0 unspecified atom stereocenters. The van der Waals surface area contributed by atoms with Gasteiger partial charge in [0.1, 0.15) is 0 Å². The van der Waals surface area contributed by atoms with Gasteiger partial charge in [-0.1, -0.05) is 84.4 Å². The fourth-order valence-electron chi connectivity index (χ4n) is 1.91. The van der Waals surface area contributed by atoms with Crippen LogP contribution in [0.3, 0.4) is 0 Å². The molecule has 3 aromatic rings. The lowest BCUT2D eigenvalue weighted by Gasteiger charge is -2.03. The van der Waals surface area contributed by atoms with E-state index in [1.807, 2.05) is 60.7 Å². The molecule has 0 atom stereocenters. The normalized spacial score (nSPS) is 9.45. The number of nitrogens with two attached hydrogens (primary N) is 1. The Morgan fingerprint density at radius 3 is 1.60 bits per heavy atom. The Morgan fingerprint density at radius 1 is 0.600 bits per heavy atom. The zero-order chi connectivity index (χ0) is 14.2. The molecular formula is C19H19N. The summed E-state index contributed by atoms with van der Waals surface area (Å²) in [5.41, 5.74) is 10.3. The summed E-state index contributed by atoms with van der Waals surface area (Å²) in [5, 5.41) is 0. The highest BCUT2D eigenvalue weighted by atomic mass is 14.6. The van der Waals surface area contributed by atoms with E-state index in [2.05, 4.69) is 31.2 Å². The van der Waals surface area contributed by atoms with Gasteiger partial charge in [0.15, 0.2) is 0 Å². The van der Waals surface area contributed by atoms with Crippen LogP contribution in [0.25, 0.3) is 11.1 Å². The highest BCUT2D eigenvalue weighted by Crippen LogP contribution is 2.24. The van der Waals surface area contributed by atoms with E-state index >= 15 is 0 Å². The summed E-state index contributed by atoms with van der Waals surface area (Å²) in [6, 6.07) is 28.3. The minimum absolute atomic E-state index is 0.828. The number of benzene rings is 3. The second-order valence-corrected chi connectivity index (χ2v) is 4.61. The number of para-hydroxylation sites is 1. The number of nitrogen functional groups attached to an aromatic ring is 1. The standard InChI is InChI=1S/C12H11N.C7H8/c13-12-9-5-4-8-11(12)10-6-2-1-3-7-10;1-7-5-3-2-4-6-7/h1-9H,13H2;2-6H,1H3. The van der Waals surface area contributed by atoms with Gasteiger partial charge in [-0.05, 0) is 18.6 Å². The van der Waals surface area contributed by atoms with Crippen LogP contribution < -0.4 is 5.73 Å². The highest BCUT2D eigenvalue weighted by Gasteiger charge is 1.98. The van der Waals surface area contributed by atoms with Crippen molar-refractivity contribution in [3.05, 3.63) is 90.5 Å². The van der Waals surface area contributed by atoms with Crippen molar-refractivity contribution in [3.63, 3.8) is 0 Å². The van der Waals surface area contributed by atoms with Crippen molar-refractivity contribution in [2.24, 2.45) is 0 Å². The SMILES string of the molecule is Cc1ccccc1.Nc1ccccc1-c1ccccc1. The lowest BCUT2D eigenvalue weighted by Crippen LogP contribution is -1.88. The molecule has 2 N–H and O–H groups in total. The molecule has 0 saturated carbocycles. The first-order valence-electron chi connectivity index (χ1n) is 6.69. The van der Waals surface area contributed by atoms with Gasteiger partial charge in [-0.2, -0.15) is 0 Å². The number of anilines is 1. The van der Waals surface area contributed by atoms with Crippen LogP contribution >= 0.6 is 0 Å². The first kappa shape index (κ1) is 13.9. The van der Waals surface area contributed by atoms with E-state index in [0.29, 0.717) is 0 Å². The fraction of sp³-hybridized carbons (Fsp3) is 0.0526. The molecule has 0 spiro atoms. The van der Waals surface area contributed by atoms with E-state index in [1.54, 1.807) is 0 Å². The van der Waals surface area contributed by atoms with Crippen molar-refractivity contribution < 1.29 is 0 Å². The summed E-state index contributed by atoms with van der Waals surface area (Å²) >= 11 is 0. The summed E-state index contributed by atoms with van der Waals surface area (Å²) in [4.78, 5) is 0. The van der Waals surface area contributed by atoms with Gasteiger partial charge in [0, 0.05) is 11.3 Å². The van der Waals surface area contributed by atoms with Crippen molar-refractivity contribution in [2.45, 2.75) is 6.92 Å². The van der Waals surface area contributed by atoms with Crippen LogP contribution in [0, 0.1) is 6.92 Å². The quantitative estimate of drug-likeness (QED) is 0.617. The Labute approximate surface area is 120 Å². The topological polar surface area (TPSA) is 26.0 Å². The summed E-state index contributed by atoms with van der Waals surface area (Å²) in [6.45, 7) is 2.08. The van der Waals surface area contributed by atoms with Gasteiger partial charge in [-0.15, -0.1) is 0 Å². The van der Waals surface area contributed by atoms with Crippen LogP contribution in [-0.4, -0.2) is 0 Å². The van der Waals surface area contributed by atoms with Gasteiger partial charge in [0.2, 0.25) is 0 Å². The molecule has 0 fully saturated rings. The van der Waals surface area contributed by atoms with Crippen molar-refractivity contribution >= 4 is 5.69 Å². The highest BCUT2D eigenvalue weighted by molar-refractivity contribution is 5.75. The van der Waals surface area contributed by atoms with Crippen LogP contribution in [0.4, 0.5) is 5.69 Å². The summed E-state index contributed by atoms with van der Waals surface area (Å²) in [6.07, 6.45) is 0. The smallest absolute Gasteiger partial charge is 0.0393 e. The molecule has 20 heavy (non-hydrogen) atoms. The molecule has 0 saturated heterocycles. The van der Waals surface area contributed by atoms with Crippen LogP contribution in [0.5, 0.6) is 0 Å². The van der Waals surface area contributed by atoms with Crippen molar-refractivity contribution in [1.29, 1.82) is 0 Å². The molecule has 0 amide bonds. The molecular weight excluding hydrogens is 242 g/mol. The average molecular weight is 261 g/mol. The second kappa shape index (κ2) is 7.15. The summed E-state index contributed by atoms with van der Waals surface area (Å²) in [7, 11) is 0. The Morgan fingerprint density at radius 2 is 1.10 bits per heavy atom. The van der Waals surface area contributed by atoms with Crippen LogP contribution in [0.15, 0.2) is 84.9 Å². The minimum atomic E-state index is 0.828. The van der Waals surface area contributed by atoms with Gasteiger partial charge < -0.3 is 5.73 Å². The maximum Gasteiger partial charge on any atom is 0.0393 e. The molecule has 0 aliphatic heterocycles. The molecule has 100 valence electrons. The summed E-state index contributed by atoms with van der Waals surface area (Å²) in [5.74, 6) is 0. The Bertz CT molecular complexity index is 630. The van der Waals surface area contributed by atoms with Gasteiger partial charge in [0.05, 0.1) is 0 Å². The predicted molar refractivity (Wildman–Crippen MR) is 87.5 cm³/mol.